The summed E-state index contributed by atoms with van der Waals surface area (Å²) in [5.41, 5.74) is -0.429. The van der Waals surface area contributed by atoms with E-state index < -0.39 is 11.8 Å². The van der Waals surface area contributed by atoms with Crippen molar-refractivity contribution < 1.29 is 24.7 Å². The summed E-state index contributed by atoms with van der Waals surface area (Å²) in [6.45, 7) is 6.22. The van der Waals surface area contributed by atoms with Gasteiger partial charge in [0.25, 0.3) is 0 Å². The maximum atomic E-state index is 10.2. The largest absolute Gasteiger partial charge is 0.540 e. The normalized spacial score (nSPS) is 11.5. The molecule has 0 saturated carbocycles. The topological polar surface area (TPSA) is 65.0 Å². The van der Waals surface area contributed by atoms with Gasteiger partial charge in [-0.05, 0) is 24.3 Å². The highest BCUT2D eigenvalue weighted by Crippen LogP contribution is 2.29. The van der Waals surface area contributed by atoms with Crippen molar-refractivity contribution in [3.63, 3.8) is 0 Å². The number of carbonyl (C=O) groups is 1. The standard InChI is InChI=1S/C12H24O5/c1-4-7-9-12(6-3,10-8-5-2)16-17-15-11(13)14/h4-10H2,1-3H3,(H,13,14). The Kier molecular flexibility index (Phi) is 8.80. The van der Waals surface area contributed by atoms with E-state index >= 15 is 0 Å². The van der Waals surface area contributed by atoms with E-state index in [-0.39, 0.29) is 0 Å². The average Bonchev–Trinajstić information content (AvgIpc) is 2.32. The Morgan fingerprint density at radius 1 is 1.12 bits per heavy atom. The van der Waals surface area contributed by atoms with Gasteiger partial charge in [-0.2, -0.15) is 4.89 Å². The second kappa shape index (κ2) is 9.24. The van der Waals surface area contributed by atoms with Crippen LogP contribution in [0.4, 0.5) is 4.79 Å². The smallest absolute Gasteiger partial charge is 0.448 e. The quantitative estimate of drug-likeness (QED) is 0.466. The Bertz CT molecular complexity index is 197. The first kappa shape index (κ1) is 16.2. The molecule has 0 aliphatic heterocycles. The average molecular weight is 248 g/mol. The lowest BCUT2D eigenvalue weighted by molar-refractivity contribution is -0.522. The molecule has 102 valence electrons. The van der Waals surface area contributed by atoms with Crippen molar-refractivity contribution in [2.45, 2.75) is 71.3 Å². The molecule has 0 unspecified atom stereocenters. The van der Waals surface area contributed by atoms with Crippen LogP contribution < -0.4 is 0 Å². The van der Waals surface area contributed by atoms with E-state index in [1.54, 1.807) is 0 Å². The summed E-state index contributed by atoms with van der Waals surface area (Å²) in [6.07, 6.45) is 5.15. The molecule has 0 atom stereocenters. The number of hydrogen-bond acceptors (Lipinski definition) is 4. The van der Waals surface area contributed by atoms with Crippen LogP contribution in [0.5, 0.6) is 0 Å². The summed E-state index contributed by atoms with van der Waals surface area (Å²) >= 11 is 0. The molecule has 17 heavy (non-hydrogen) atoms. The minimum absolute atomic E-state index is 0.429. The van der Waals surface area contributed by atoms with Gasteiger partial charge >= 0.3 is 6.16 Å². The van der Waals surface area contributed by atoms with Gasteiger partial charge in [0.15, 0.2) is 0 Å². The zero-order valence-electron chi connectivity index (χ0n) is 11.0. The number of rotatable bonds is 10. The molecule has 0 aliphatic carbocycles. The van der Waals surface area contributed by atoms with E-state index in [1.165, 1.54) is 0 Å². The van der Waals surface area contributed by atoms with Gasteiger partial charge in [0.2, 0.25) is 0 Å². The van der Waals surface area contributed by atoms with Crippen molar-refractivity contribution in [3.8, 4) is 0 Å². The Hall–Kier alpha value is -0.810. The first-order valence-corrected chi connectivity index (χ1v) is 6.35. The second-order valence-electron chi connectivity index (χ2n) is 4.24. The monoisotopic (exact) mass is 248 g/mol. The fraction of sp³-hybridized carbons (Fsp3) is 0.917. The second-order valence-corrected chi connectivity index (χ2v) is 4.24. The molecular formula is C12H24O5. The Balaban J connectivity index is 4.26. The molecule has 0 radical (unpaired) electrons. The molecule has 0 aromatic rings. The zero-order valence-corrected chi connectivity index (χ0v) is 11.0. The van der Waals surface area contributed by atoms with Crippen LogP contribution in [0.1, 0.15) is 65.7 Å². The predicted molar refractivity (Wildman–Crippen MR) is 63.4 cm³/mol. The van der Waals surface area contributed by atoms with Crippen LogP contribution in [0.2, 0.25) is 0 Å². The zero-order chi connectivity index (χ0) is 13.1. The van der Waals surface area contributed by atoms with Crippen LogP contribution in [0.25, 0.3) is 0 Å². The molecule has 0 aromatic heterocycles. The van der Waals surface area contributed by atoms with E-state index in [1.807, 2.05) is 6.92 Å². The molecule has 0 amide bonds. The molecule has 0 fully saturated rings. The third kappa shape index (κ3) is 7.18. The molecule has 0 aliphatic rings. The maximum Gasteiger partial charge on any atom is 0.540 e. The molecule has 0 rings (SSSR count). The van der Waals surface area contributed by atoms with Crippen molar-refractivity contribution in [2.75, 3.05) is 0 Å². The van der Waals surface area contributed by atoms with E-state index in [0.29, 0.717) is 0 Å². The minimum Gasteiger partial charge on any atom is -0.448 e. The highest BCUT2D eigenvalue weighted by atomic mass is 17.5. The third-order valence-electron chi connectivity index (χ3n) is 2.93. The van der Waals surface area contributed by atoms with E-state index in [2.05, 4.69) is 23.8 Å². The highest BCUT2D eigenvalue weighted by Gasteiger charge is 2.30. The fourth-order valence-corrected chi connectivity index (χ4v) is 1.74. The van der Waals surface area contributed by atoms with Crippen LogP contribution >= 0.6 is 0 Å². The van der Waals surface area contributed by atoms with Crippen molar-refractivity contribution in [2.24, 2.45) is 0 Å². The van der Waals surface area contributed by atoms with Crippen LogP contribution in [0.3, 0.4) is 0 Å². The van der Waals surface area contributed by atoms with Crippen molar-refractivity contribution >= 4 is 6.16 Å². The van der Waals surface area contributed by atoms with Gasteiger partial charge in [0.05, 0.1) is 0 Å². The predicted octanol–water partition coefficient (Wildman–Crippen LogP) is 4.07. The summed E-state index contributed by atoms with van der Waals surface area (Å²) in [4.78, 5) is 19.3. The van der Waals surface area contributed by atoms with Crippen LogP contribution in [0, 0.1) is 0 Å². The molecule has 0 heterocycles. The minimum atomic E-state index is -1.50. The fourth-order valence-electron chi connectivity index (χ4n) is 1.74. The first-order chi connectivity index (χ1) is 8.10. The lowest BCUT2D eigenvalue weighted by atomic mass is 9.88. The first-order valence-electron chi connectivity index (χ1n) is 6.35. The Morgan fingerprint density at radius 2 is 1.65 bits per heavy atom. The van der Waals surface area contributed by atoms with E-state index in [4.69, 9.17) is 9.99 Å². The highest BCUT2D eigenvalue weighted by molar-refractivity contribution is 5.55. The van der Waals surface area contributed by atoms with Gasteiger partial charge in [0, 0.05) is 0 Å². The van der Waals surface area contributed by atoms with Gasteiger partial charge in [-0.3, -0.25) is 0 Å². The lowest BCUT2D eigenvalue weighted by Gasteiger charge is -2.29. The lowest BCUT2D eigenvalue weighted by Crippen LogP contribution is -2.32. The van der Waals surface area contributed by atoms with Gasteiger partial charge in [-0.1, -0.05) is 46.5 Å². The van der Waals surface area contributed by atoms with Gasteiger partial charge in [-0.15, -0.1) is 0 Å². The molecule has 5 nitrogen and oxygen atoms in total. The SMILES string of the molecule is CCCCC(CC)(CCCC)OOOC(=O)O. The number of carboxylic acid groups (broad SMARTS) is 1. The number of hydrogen-bond donors (Lipinski definition) is 1. The molecular weight excluding hydrogens is 224 g/mol. The van der Waals surface area contributed by atoms with Crippen LogP contribution in [0.15, 0.2) is 0 Å². The Labute approximate surface area is 103 Å². The van der Waals surface area contributed by atoms with Crippen molar-refractivity contribution in [1.29, 1.82) is 0 Å². The third-order valence-corrected chi connectivity index (χ3v) is 2.93. The molecule has 0 bridgehead atoms. The van der Waals surface area contributed by atoms with Crippen molar-refractivity contribution in [3.05, 3.63) is 0 Å². The summed E-state index contributed by atoms with van der Waals surface area (Å²) in [5.74, 6) is 0. The Morgan fingerprint density at radius 3 is 2.00 bits per heavy atom. The molecule has 0 aromatic carbocycles. The van der Waals surface area contributed by atoms with Gasteiger partial charge in [0.1, 0.15) is 5.60 Å². The summed E-state index contributed by atoms with van der Waals surface area (Å²) in [5, 5.41) is 12.7. The van der Waals surface area contributed by atoms with Crippen LogP contribution in [-0.4, -0.2) is 16.9 Å². The van der Waals surface area contributed by atoms with E-state index in [0.717, 1.165) is 44.9 Å². The van der Waals surface area contributed by atoms with Crippen molar-refractivity contribution in [1.82, 2.24) is 0 Å². The summed E-state index contributed by atoms with van der Waals surface area (Å²) in [7, 11) is 0. The molecule has 5 heteroatoms. The summed E-state index contributed by atoms with van der Waals surface area (Å²) in [6, 6.07) is 0. The van der Waals surface area contributed by atoms with Crippen LogP contribution in [-0.2, 0) is 14.8 Å². The van der Waals surface area contributed by atoms with Gasteiger partial charge in [-0.25, -0.2) is 9.68 Å². The number of unbranched alkanes of at least 4 members (excludes halogenated alkanes) is 2. The molecule has 1 N–H and O–H groups in total. The van der Waals surface area contributed by atoms with E-state index in [9.17, 15) is 4.79 Å². The summed E-state index contributed by atoms with van der Waals surface area (Å²) < 4.78 is 0. The van der Waals surface area contributed by atoms with Gasteiger partial charge < -0.3 is 5.11 Å². The molecule has 0 spiro atoms. The molecule has 0 saturated heterocycles. The maximum absolute atomic E-state index is 10.2.